The fourth-order valence-corrected chi connectivity index (χ4v) is 3.32. The topological polar surface area (TPSA) is 33.1 Å². The maximum atomic E-state index is 14.7. The van der Waals surface area contributed by atoms with Crippen molar-refractivity contribution in [2.45, 2.75) is 38.7 Å². The van der Waals surface area contributed by atoms with E-state index in [0.717, 1.165) is 53.6 Å². The standard InChI is InChI=1S/C27H28FNO/c1-3-7-22-11-17-27(29-19-22)24-14-12-23(13-15-24)25-16-10-21(18-26(25)28)9-6-4-5-8-20(2)30/h3,6,9-20,30H,1,4-5,7-8H2,2H3. The Labute approximate surface area is 178 Å². The molecule has 3 rings (SSSR count). The van der Waals surface area contributed by atoms with Crippen LogP contribution in [-0.2, 0) is 6.42 Å². The third kappa shape index (κ3) is 5.98. The highest BCUT2D eigenvalue weighted by Gasteiger charge is 2.07. The van der Waals surface area contributed by atoms with E-state index in [9.17, 15) is 9.50 Å². The molecule has 0 saturated heterocycles. The van der Waals surface area contributed by atoms with Crippen molar-refractivity contribution >= 4 is 6.08 Å². The number of pyridine rings is 1. The zero-order valence-corrected chi connectivity index (χ0v) is 17.4. The van der Waals surface area contributed by atoms with Gasteiger partial charge in [-0.25, -0.2) is 4.39 Å². The van der Waals surface area contributed by atoms with E-state index in [1.807, 2.05) is 73.0 Å². The predicted molar refractivity (Wildman–Crippen MR) is 124 cm³/mol. The monoisotopic (exact) mass is 401 g/mol. The molecule has 0 radical (unpaired) electrons. The van der Waals surface area contributed by atoms with Crippen LogP contribution >= 0.6 is 0 Å². The summed E-state index contributed by atoms with van der Waals surface area (Å²) in [5, 5.41) is 9.28. The number of aliphatic hydroxyl groups excluding tert-OH is 1. The van der Waals surface area contributed by atoms with Gasteiger partial charge in [0.2, 0.25) is 0 Å². The van der Waals surface area contributed by atoms with Crippen LogP contribution in [0.15, 0.2) is 79.5 Å². The van der Waals surface area contributed by atoms with E-state index in [4.69, 9.17) is 0 Å². The Morgan fingerprint density at radius 2 is 1.83 bits per heavy atom. The second-order valence-electron chi connectivity index (χ2n) is 7.54. The third-order valence-electron chi connectivity index (χ3n) is 4.99. The Kier molecular flexibility index (Phi) is 7.69. The van der Waals surface area contributed by atoms with Gasteiger partial charge in [0.05, 0.1) is 11.8 Å². The van der Waals surface area contributed by atoms with E-state index in [2.05, 4.69) is 11.6 Å². The summed E-state index contributed by atoms with van der Waals surface area (Å²) in [6.07, 6.45) is 10.8. The first-order valence-electron chi connectivity index (χ1n) is 10.4. The van der Waals surface area contributed by atoms with Gasteiger partial charge in [0.25, 0.3) is 0 Å². The minimum atomic E-state index is -0.270. The minimum Gasteiger partial charge on any atom is -0.393 e. The van der Waals surface area contributed by atoms with Gasteiger partial charge in [0.15, 0.2) is 0 Å². The van der Waals surface area contributed by atoms with E-state index in [0.29, 0.717) is 5.56 Å². The molecule has 1 unspecified atom stereocenters. The Balaban J connectivity index is 1.68. The molecule has 3 aromatic rings. The van der Waals surface area contributed by atoms with Crippen molar-refractivity contribution < 1.29 is 9.50 Å². The first kappa shape index (κ1) is 21.7. The van der Waals surface area contributed by atoms with Crippen LogP contribution < -0.4 is 0 Å². The number of hydrogen-bond acceptors (Lipinski definition) is 2. The zero-order valence-electron chi connectivity index (χ0n) is 17.4. The quantitative estimate of drug-likeness (QED) is 0.314. The molecule has 0 bridgehead atoms. The van der Waals surface area contributed by atoms with E-state index in [1.54, 1.807) is 13.0 Å². The smallest absolute Gasteiger partial charge is 0.131 e. The third-order valence-corrected chi connectivity index (χ3v) is 4.99. The molecule has 154 valence electrons. The van der Waals surface area contributed by atoms with Gasteiger partial charge in [-0.1, -0.05) is 60.7 Å². The average molecular weight is 402 g/mol. The van der Waals surface area contributed by atoms with Gasteiger partial charge < -0.3 is 5.11 Å². The van der Waals surface area contributed by atoms with Crippen molar-refractivity contribution in [2.24, 2.45) is 0 Å². The molecule has 0 fully saturated rings. The number of nitrogens with zero attached hydrogens (tertiary/aromatic N) is 1. The van der Waals surface area contributed by atoms with Gasteiger partial charge in [-0.15, -0.1) is 6.58 Å². The highest BCUT2D eigenvalue weighted by atomic mass is 19.1. The number of unbranched alkanes of at least 4 members (excludes halogenated alkanes) is 1. The highest BCUT2D eigenvalue weighted by Crippen LogP contribution is 2.27. The van der Waals surface area contributed by atoms with Crippen LogP contribution in [0.1, 0.15) is 37.3 Å². The molecule has 0 saturated carbocycles. The summed E-state index contributed by atoms with van der Waals surface area (Å²) in [5.41, 5.74) is 5.29. The normalized spacial score (nSPS) is 12.2. The van der Waals surface area contributed by atoms with Crippen LogP contribution in [-0.4, -0.2) is 16.2 Å². The van der Waals surface area contributed by atoms with Gasteiger partial charge in [0, 0.05) is 17.3 Å². The van der Waals surface area contributed by atoms with E-state index in [-0.39, 0.29) is 11.9 Å². The molecule has 0 aliphatic carbocycles. The lowest BCUT2D eigenvalue weighted by Gasteiger charge is -2.07. The summed E-state index contributed by atoms with van der Waals surface area (Å²) < 4.78 is 14.7. The molecular weight excluding hydrogens is 373 g/mol. The summed E-state index contributed by atoms with van der Waals surface area (Å²) in [4.78, 5) is 4.51. The van der Waals surface area contributed by atoms with Crippen molar-refractivity contribution in [1.29, 1.82) is 0 Å². The van der Waals surface area contributed by atoms with Crippen LogP contribution in [0.3, 0.4) is 0 Å². The number of allylic oxidation sites excluding steroid dienone is 2. The SMILES string of the molecule is C=CCc1ccc(-c2ccc(-c3ccc(C=CCCCC(C)O)cc3F)cc2)nc1. The van der Waals surface area contributed by atoms with Crippen molar-refractivity contribution in [3.05, 3.63) is 96.5 Å². The van der Waals surface area contributed by atoms with E-state index in [1.165, 1.54) is 0 Å². The summed E-state index contributed by atoms with van der Waals surface area (Å²) in [5.74, 6) is -0.235. The lowest BCUT2D eigenvalue weighted by Crippen LogP contribution is -1.97. The number of aromatic nitrogens is 1. The number of halogens is 1. The van der Waals surface area contributed by atoms with E-state index >= 15 is 0 Å². The molecule has 1 aromatic heterocycles. The average Bonchev–Trinajstić information content (AvgIpc) is 2.74. The summed E-state index contributed by atoms with van der Waals surface area (Å²) in [7, 11) is 0. The molecule has 2 nitrogen and oxygen atoms in total. The molecule has 3 heteroatoms. The molecule has 1 atom stereocenters. The first-order valence-corrected chi connectivity index (χ1v) is 10.4. The fourth-order valence-electron chi connectivity index (χ4n) is 3.32. The molecule has 2 aromatic carbocycles. The summed E-state index contributed by atoms with van der Waals surface area (Å²) in [6, 6.07) is 17.2. The molecular formula is C27H28FNO. The molecule has 0 amide bonds. The molecule has 30 heavy (non-hydrogen) atoms. The first-order chi connectivity index (χ1) is 14.6. The lowest BCUT2D eigenvalue weighted by molar-refractivity contribution is 0.182. The maximum Gasteiger partial charge on any atom is 0.131 e. The highest BCUT2D eigenvalue weighted by molar-refractivity contribution is 5.70. The Bertz CT molecular complexity index is 988. The van der Waals surface area contributed by atoms with Gasteiger partial charge >= 0.3 is 0 Å². The van der Waals surface area contributed by atoms with E-state index < -0.39 is 0 Å². The Morgan fingerprint density at radius 3 is 2.47 bits per heavy atom. The van der Waals surface area contributed by atoms with Gasteiger partial charge in [-0.2, -0.15) is 0 Å². The fraction of sp³-hybridized carbons (Fsp3) is 0.222. The summed E-state index contributed by atoms with van der Waals surface area (Å²) in [6.45, 7) is 5.54. The predicted octanol–water partition coefficient (Wildman–Crippen LogP) is 6.85. The van der Waals surface area contributed by atoms with Crippen molar-refractivity contribution in [1.82, 2.24) is 4.98 Å². The Hall–Kier alpha value is -3.04. The molecule has 0 aliphatic heterocycles. The molecule has 1 N–H and O–H groups in total. The van der Waals surface area contributed by atoms with Gasteiger partial charge in [0.1, 0.15) is 5.82 Å². The van der Waals surface area contributed by atoms with Crippen LogP contribution in [0, 0.1) is 5.82 Å². The van der Waals surface area contributed by atoms with Crippen LogP contribution in [0.4, 0.5) is 4.39 Å². The maximum absolute atomic E-state index is 14.7. The Morgan fingerprint density at radius 1 is 1.07 bits per heavy atom. The number of hydrogen-bond donors (Lipinski definition) is 1. The second-order valence-corrected chi connectivity index (χ2v) is 7.54. The van der Waals surface area contributed by atoms with Crippen molar-refractivity contribution in [3.63, 3.8) is 0 Å². The van der Waals surface area contributed by atoms with Crippen LogP contribution in [0.2, 0.25) is 0 Å². The number of benzene rings is 2. The van der Waals surface area contributed by atoms with Crippen LogP contribution in [0.25, 0.3) is 28.5 Å². The van der Waals surface area contributed by atoms with Crippen molar-refractivity contribution in [2.75, 3.05) is 0 Å². The van der Waals surface area contributed by atoms with Gasteiger partial charge in [-0.05, 0) is 61.4 Å². The minimum absolute atomic E-state index is 0.235. The summed E-state index contributed by atoms with van der Waals surface area (Å²) >= 11 is 0. The number of rotatable bonds is 9. The lowest BCUT2D eigenvalue weighted by atomic mass is 10.0. The van der Waals surface area contributed by atoms with Crippen LogP contribution in [0.5, 0.6) is 0 Å². The second kappa shape index (κ2) is 10.7. The number of aliphatic hydroxyl groups is 1. The molecule has 0 aliphatic rings. The molecule has 0 spiro atoms. The van der Waals surface area contributed by atoms with Gasteiger partial charge in [-0.3, -0.25) is 4.98 Å². The zero-order chi connectivity index (χ0) is 21.3. The largest absolute Gasteiger partial charge is 0.393 e. The molecule has 1 heterocycles. The van der Waals surface area contributed by atoms with Crippen molar-refractivity contribution in [3.8, 4) is 22.4 Å².